The van der Waals surface area contributed by atoms with Crippen molar-refractivity contribution in [2.75, 3.05) is 53.7 Å². The first kappa shape index (κ1) is 54.4. The van der Waals surface area contributed by atoms with Crippen LogP contribution in [0.1, 0.15) is 111 Å². The summed E-state index contributed by atoms with van der Waals surface area (Å²) in [6, 6.07) is 34.2. The van der Waals surface area contributed by atoms with Gasteiger partial charge in [-0.1, -0.05) is 84.4 Å². The lowest BCUT2D eigenvalue weighted by molar-refractivity contribution is -0.127. The second kappa shape index (κ2) is 27.0. The van der Waals surface area contributed by atoms with Gasteiger partial charge in [0.25, 0.3) is 0 Å². The van der Waals surface area contributed by atoms with E-state index in [9.17, 15) is 23.6 Å². The van der Waals surface area contributed by atoms with E-state index >= 15 is 0 Å². The van der Waals surface area contributed by atoms with Crippen molar-refractivity contribution in [1.82, 2.24) is 31.1 Å². The van der Waals surface area contributed by atoms with E-state index in [1.807, 2.05) is 43.3 Å². The van der Waals surface area contributed by atoms with Crippen LogP contribution in [0.2, 0.25) is 0 Å². The zero-order valence-corrected chi connectivity index (χ0v) is 42.6. The van der Waals surface area contributed by atoms with Crippen LogP contribution in [0.4, 0.5) is 10.1 Å². The molecule has 0 heterocycles. The molecule has 4 N–H and O–H groups in total. The van der Waals surface area contributed by atoms with Crippen LogP contribution in [0.3, 0.4) is 0 Å². The fraction of sp³-hybridized carbons (Fsp3) is 0.509. The molecule has 11 nitrogen and oxygen atoms in total. The van der Waals surface area contributed by atoms with Crippen LogP contribution in [0.25, 0.3) is 0 Å². The lowest BCUT2D eigenvalue weighted by Crippen LogP contribution is -2.52. The third kappa shape index (κ3) is 18.0. The normalized spacial score (nSPS) is 20.0. The Bertz CT molecular complexity index is 2180. The molecule has 4 aromatic carbocycles. The second-order valence-corrected chi connectivity index (χ2v) is 20.2. The zero-order valence-electron chi connectivity index (χ0n) is 42.6. The van der Waals surface area contributed by atoms with Crippen molar-refractivity contribution in [2.45, 2.75) is 139 Å². The molecule has 69 heavy (non-hydrogen) atoms. The third-order valence-corrected chi connectivity index (χ3v) is 14.5. The van der Waals surface area contributed by atoms with Gasteiger partial charge in [0, 0.05) is 81.7 Å². The first-order valence-electron chi connectivity index (χ1n) is 25.1. The van der Waals surface area contributed by atoms with Crippen molar-refractivity contribution in [1.29, 1.82) is 0 Å². The van der Waals surface area contributed by atoms with Crippen LogP contribution in [0.15, 0.2) is 103 Å². The molecule has 2 saturated carbocycles. The smallest absolute Gasteiger partial charge is 0.220 e. The van der Waals surface area contributed by atoms with Gasteiger partial charge < -0.3 is 36.0 Å². The van der Waals surface area contributed by atoms with Crippen LogP contribution >= 0.6 is 0 Å². The molecular weight excluding hydrogens is 866 g/mol. The number of likely N-dealkylation sites (N-methyl/N-ethyl adjacent to an activating group) is 2. The summed E-state index contributed by atoms with van der Waals surface area (Å²) in [7, 11) is 12.7. The fourth-order valence-corrected chi connectivity index (χ4v) is 9.75. The molecule has 0 saturated heterocycles. The van der Waals surface area contributed by atoms with Crippen molar-refractivity contribution < 1.29 is 23.6 Å². The predicted molar refractivity (Wildman–Crippen MR) is 277 cm³/mol. The largest absolute Gasteiger partial charge is 0.378 e. The molecule has 2 aliphatic carbocycles. The van der Waals surface area contributed by atoms with Gasteiger partial charge in [0.2, 0.25) is 23.6 Å². The average molecular weight is 946 g/mol. The Labute approximate surface area is 412 Å². The topological polar surface area (TPSA) is 126 Å². The third-order valence-electron chi connectivity index (χ3n) is 14.5. The summed E-state index contributed by atoms with van der Waals surface area (Å²) in [5.74, 6) is -0.415. The Morgan fingerprint density at radius 2 is 0.986 bits per heavy atom. The summed E-state index contributed by atoms with van der Waals surface area (Å²) < 4.78 is 12.9. The number of aryl methyl sites for hydroxylation is 1. The number of nitrogens with one attached hydrogen (secondary N) is 4. The van der Waals surface area contributed by atoms with E-state index in [4.69, 9.17) is 0 Å². The minimum atomic E-state index is -0.268. The van der Waals surface area contributed by atoms with Gasteiger partial charge in [-0.3, -0.25) is 19.2 Å². The minimum absolute atomic E-state index is 0.0103. The van der Waals surface area contributed by atoms with E-state index < -0.39 is 0 Å². The molecule has 2 aliphatic rings. The van der Waals surface area contributed by atoms with Gasteiger partial charge in [0.1, 0.15) is 5.82 Å². The maximum absolute atomic E-state index is 12.9. The summed E-state index contributed by atoms with van der Waals surface area (Å²) in [5.41, 5.74) is 7.42. The highest BCUT2D eigenvalue weighted by molar-refractivity contribution is 5.84. The molecule has 0 aliphatic heterocycles. The Balaban J connectivity index is 0.000000258. The Morgan fingerprint density at radius 1 is 0.536 bits per heavy atom. The van der Waals surface area contributed by atoms with E-state index in [1.165, 1.54) is 28.8 Å². The molecule has 12 heteroatoms. The van der Waals surface area contributed by atoms with Gasteiger partial charge in [-0.15, -0.1) is 0 Å². The first-order valence-corrected chi connectivity index (χ1v) is 25.1. The SMILES string of the molecule is CN(C)c1ccc(CNC(=O)CCCC(=O)NC2CCC(Cc3ccccc3)(N(C)C)CC2)cc1.Cc1ccc(CC2(N(C)C)CCC(NC(=O)CCC(=O)NCCc3ccc(F)cc3)CC2)cc1. The molecule has 2 fully saturated rings. The van der Waals surface area contributed by atoms with Crippen LogP contribution in [0.5, 0.6) is 0 Å². The summed E-state index contributed by atoms with van der Waals surface area (Å²) in [6.07, 6.45) is 12.5. The van der Waals surface area contributed by atoms with E-state index in [0.717, 1.165) is 81.0 Å². The first-order chi connectivity index (χ1) is 33.0. The molecule has 0 unspecified atom stereocenters. The number of amides is 4. The number of hydrogen-bond acceptors (Lipinski definition) is 7. The molecule has 0 radical (unpaired) electrons. The molecule has 0 atom stereocenters. The lowest BCUT2D eigenvalue weighted by atomic mass is 9.74. The van der Waals surface area contributed by atoms with Crippen molar-refractivity contribution in [3.63, 3.8) is 0 Å². The predicted octanol–water partition coefficient (Wildman–Crippen LogP) is 8.32. The highest BCUT2D eigenvalue weighted by Gasteiger charge is 2.39. The fourth-order valence-electron chi connectivity index (χ4n) is 9.75. The summed E-state index contributed by atoms with van der Waals surface area (Å²) in [6.45, 7) is 3.09. The van der Waals surface area contributed by atoms with Gasteiger partial charge in [-0.05, 0) is 159 Å². The number of rotatable bonds is 21. The molecule has 374 valence electrons. The quantitative estimate of drug-likeness (QED) is 0.0663. The molecular formula is C57H80FN7O4. The number of anilines is 1. The van der Waals surface area contributed by atoms with Gasteiger partial charge in [0.05, 0.1) is 0 Å². The summed E-state index contributed by atoms with van der Waals surface area (Å²) in [4.78, 5) is 55.9. The van der Waals surface area contributed by atoms with E-state index in [-0.39, 0.29) is 65.4 Å². The average Bonchev–Trinajstić information content (AvgIpc) is 3.33. The lowest BCUT2D eigenvalue weighted by Gasteiger charge is -2.45. The van der Waals surface area contributed by atoms with E-state index in [2.05, 4.69) is 121 Å². The Kier molecular flexibility index (Phi) is 21.2. The van der Waals surface area contributed by atoms with Gasteiger partial charge in [0.15, 0.2) is 0 Å². The molecule has 0 spiro atoms. The molecule has 0 bridgehead atoms. The van der Waals surface area contributed by atoms with Crippen LogP contribution in [-0.2, 0) is 45.0 Å². The number of benzene rings is 4. The van der Waals surface area contributed by atoms with Crippen molar-refractivity contribution in [3.8, 4) is 0 Å². The van der Waals surface area contributed by atoms with Crippen LogP contribution in [-0.4, -0.2) is 105 Å². The maximum Gasteiger partial charge on any atom is 0.220 e. The number of carbonyl (C=O) groups is 4. The Morgan fingerprint density at radius 3 is 1.51 bits per heavy atom. The standard InChI is InChI=1S/C29H42N4O2.C28H38FN3O2/c1-32(2)26-15-13-24(14-16-26)22-30-27(34)11-8-12-28(35)31-25-17-19-29(20-18-25,33(3)4)21-23-9-6-5-7-10-23;1-21-4-6-23(7-5-21)20-28(32(2)3)17-14-25(15-18-28)31-27(34)13-12-26(33)30-19-16-22-8-10-24(29)11-9-22/h5-7,9-10,13-16,25H,8,11-12,17-22H2,1-4H3,(H,30,34)(H,31,35);4-11,25H,12-20H2,1-3H3,(H,30,33)(H,31,34). The number of hydrogen-bond donors (Lipinski definition) is 4. The Hall–Kier alpha value is -5.59. The van der Waals surface area contributed by atoms with Gasteiger partial charge in [-0.25, -0.2) is 4.39 Å². The van der Waals surface area contributed by atoms with Gasteiger partial charge in [-0.2, -0.15) is 0 Å². The highest BCUT2D eigenvalue weighted by Crippen LogP contribution is 2.37. The monoisotopic (exact) mass is 946 g/mol. The summed E-state index contributed by atoms with van der Waals surface area (Å²) >= 11 is 0. The van der Waals surface area contributed by atoms with Crippen LogP contribution < -0.4 is 26.2 Å². The summed E-state index contributed by atoms with van der Waals surface area (Å²) in [5, 5.41) is 12.1. The van der Waals surface area contributed by atoms with Crippen molar-refractivity contribution >= 4 is 29.3 Å². The number of carbonyl (C=O) groups excluding carboxylic acids is 4. The molecule has 4 aromatic rings. The zero-order chi connectivity index (χ0) is 49.8. The van der Waals surface area contributed by atoms with E-state index in [0.29, 0.717) is 38.8 Å². The van der Waals surface area contributed by atoms with E-state index in [1.54, 1.807) is 12.1 Å². The van der Waals surface area contributed by atoms with Gasteiger partial charge >= 0.3 is 0 Å². The number of nitrogens with zero attached hydrogens (tertiary/aromatic N) is 3. The van der Waals surface area contributed by atoms with Crippen molar-refractivity contribution in [3.05, 3.63) is 137 Å². The molecule has 0 aromatic heterocycles. The second-order valence-electron chi connectivity index (χ2n) is 20.2. The highest BCUT2D eigenvalue weighted by atomic mass is 19.1. The van der Waals surface area contributed by atoms with Crippen molar-refractivity contribution in [2.24, 2.45) is 0 Å². The van der Waals surface area contributed by atoms with Crippen LogP contribution in [0, 0.1) is 12.7 Å². The minimum Gasteiger partial charge on any atom is -0.378 e. The molecule has 4 amide bonds. The maximum atomic E-state index is 12.9. The number of halogens is 1. The molecule has 6 rings (SSSR count).